The summed E-state index contributed by atoms with van der Waals surface area (Å²) in [6.45, 7) is 8.49. The fourth-order valence-electron chi connectivity index (χ4n) is 5.11. The second-order valence-corrected chi connectivity index (χ2v) is 10.3. The molecule has 0 spiro atoms. The summed E-state index contributed by atoms with van der Waals surface area (Å²) in [4.78, 5) is 6.37. The van der Waals surface area contributed by atoms with Crippen molar-refractivity contribution in [3.63, 3.8) is 0 Å². The summed E-state index contributed by atoms with van der Waals surface area (Å²) in [5, 5.41) is 9.21. The number of halogens is 3. The zero-order valence-corrected chi connectivity index (χ0v) is 22.0. The van der Waals surface area contributed by atoms with E-state index < -0.39 is 11.7 Å². The minimum absolute atomic E-state index is 0.136. The van der Waals surface area contributed by atoms with Crippen molar-refractivity contribution >= 4 is 11.3 Å². The van der Waals surface area contributed by atoms with E-state index in [0.717, 1.165) is 35.7 Å². The number of rotatable bonds is 9. The predicted octanol–water partition coefficient (Wildman–Crippen LogP) is 7.09. The zero-order valence-electron chi connectivity index (χ0n) is 22.0. The summed E-state index contributed by atoms with van der Waals surface area (Å²) >= 11 is 0. The molecular weight excluding hydrogens is 489 g/mol. The Kier molecular flexibility index (Phi) is 8.27. The number of aromatic nitrogens is 2. The first-order valence-electron chi connectivity index (χ1n) is 12.8. The van der Waals surface area contributed by atoms with Crippen molar-refractivity contribution in [2.45, 2.75) is 59.0 Å². The van der Waals surface area contributed by atoms with Crippen LogP contribution in [0.5, 0.6) is 0 Å². The molecule has 0 saturated heterocycles. The Hall–Kier alpha value is -3.57. The van der Waals surface area contributed by atoms with Crippen LogP contribution in [0.1, 0.15) is 56.0 Å². The Labute approximate surface area is 222 Å². The van der Waals surface area contributed by atoms with Gasteiger partial charge in [-0.3, -0.25) is 0 Å². The number of ether oxygens (including phenoxy) is 1. The van der Waals surface area contributed by atoms with Gasteiger partial charge in [-0.2, -0.15) is 18.4 Å². The third kappa shape index (κ3) is 6.11. The minimum atomic E-state index is -4.60. The molecule has 8 heteroatoms. The first-order chi connectivity index (χ1) is 18.1. The van der Waals surface area contributed by atoms with E-state index in [9.17, 15) is 18.4 Å². The fraction of sp³-hybridized carbons (Fsp3) is 0.400. The van der Waals surface area contributed by atoms with Crippen molar-refractivity contribution in [2.75, 3.05) is 18.1 Å². The molecule has 2 aromatic carbocycles. The van der Waals surface area contributed by atoms with E-state index in [-0.39, 0.29) is 17.0 Å². The SMILES string of the molecule is CCN(c1ccc(C#N)c(C(F)(F)F)c1)C1C=C(c2cncn2CCOCc2ccccc2)CCC1(C)C. The first kappa shape index (κ1) is 27.5. The average molecular weight is 523 g/mol. The number of alkyl halides is 3. The van der Waals surface area contributed by atoms with Gasteiger partial charge in [0.25, 0.3) is 0 Å². The van der Waals surface area contributed by atoms with Gasteiger partial charge in [0, 0.05) is 18.8 Å². The second kappa shape index (κ2) is 11.4. The second-order valence-electron chi connectivity index (χ2n) is 10.3. The van der Waals surface area contributed by atoms with Gasteiger partial charge in [0.2, 0.25) is 0 Å². The monoisotopic (exact) mass is 522 g/mol. The Morgan fingerprint density at radius 2 is 1.95 bits per heavy atom. The van der Waals surface area contributed by atoms with Gasteiger partial charge >= 0.3 is 6.18 Å². The van der Waals surface area contributed by atoms with E-state index in [4.69, 9.17) is 4.74 Å². The number of imidazole rings is 1. The smallest absolute Gasteiger partial charge is 0.375 e. The van der Waals surface area contributed by atoms with Crippen LogP contribution in [-0.4, -0.2) is 28.7 Å². The van der Waals surface area contributed by atoms with Gasteiger partial charge in [0.05, 0.1) is 54.7 Å². The lowest BCUT2D eigenvalue weighted by Crippen LogP contribution is -2.46. The number of allylic oxidation sites excluding steroid dienone is 1. The molecule has 4 rings (SSSR count). The Bertz CT molecular complexity index is 1310. The van der Waals surface area contributed by atoms with Crippen LogP contribution in [0.25, 0.3) is 5.57 Å². The van der Waals surface area contributed by atoms with Gasteiger partial charge in [0.1, 0.15) is 0 Å². The number of anilines is 1. The highest BCUT2D eigenvalue weighted by atomic mass is 19.4. The lowest BCUT2D eigenvalue weighted by Gasteiger charge is -2.45. The Balaban J connectivity index is 1.57. The van der Waals surface area contributed by atoms with Crippen LogP contribution in [0.2, 0.25) is 0 Å². The molecule has 1 aromatic heterocycles. The normalized spacial score (nSPS) is 17.1. The molecule has 1 heterocycles. The number of benzene rings is 2. The molecule has 1 atom stereocenters. The Morgan fingerprint density at radius 3 is 2.63 bits per heavy atom. The van der Waals surface area contributed by atoms with Crippen LogP contribution in [-0.2, 0) is 24.1 Å². The third-order valence-electron chi connectivity index (χ3n) is 7.26. The highest BCUT2D eigenvalue weighted by Crippen LogP contribution is 2.43. The van der Waals surface area contributed by atoms with Crippen LogP contribution >= 0.6 is 0 Å². The van der Waals surface area contributed by atoms with Crippen molar-refractivity contribution in [3.05, 3.63) is 89.5 Å². The molecular formula is C30H33F3N4O. The van der Waals surface area contributed by atoms with Gasteiger partial charge in [-0.05, 0) is 54.5 Å². The molecule has 0 bridgehead atoms. The van der Waals surface area contributed by atoms with E-state index in [2.05, 4.69) is 29.5 Å². The van der Waals surface area contributed by atoms with Crippen LogP contribution in [0.4, 0.5) is 18.9 Å². The van der Waals surface area contributed by atoms with E-state index in [1.165, 1.54) is 6.07 Å². The van der Waals surface area contributed by atoms with Crippen LogP contribution < -0.4 is 4.90 Å². The van der Waals surface area contributed by atoms with Gasteiger partial charge in [0.15, 0.2) is 0 Å². The largest absolute Gasteiger partial charge is 0.417 e. The van der Waals surface area contributed by atoms with E-state index in [0.29, 0.717) is 32.0 Å². The van der Waals surface area contributed by atoms with Crippen LogP contribution in [0.15, 0.2) is 67.1 Å². The van der Waals surface area contributed by atoms with Gasteiger partial charge in [-0.25, -0.2) is 4.98 Å². The molecule has 0 amide bonds. The molecule has 1 aliphatic carbocycles. The molecule has 3 aromatic rings. The molecule has 0 N–H and O–H groups in total. The predicted molar refractivity (Wildman–Crippen MR) is 142 cm³/mol. The quantitative estimate of drug-likeness (QED) is 0.282. The van der Waals surface area contributed by atoms with E-state index in [1.807, 2.05) is 48.4 Å². The summed E-state index contributed by atoms with van der Waals surface area (Å²) in [6, 6.07) is 15.5. The lowest BCUT2D eigenvalue weighted by molar-refractivity contribution is -0.137. The number of hydrogen-bond acceptors (Lipinski definition) is 4. The lowest BCUT2D eigenvalue weighted by atomic mass is 9.73. The van der Waals surface area contributed by atoms with Crippen LogP contribution in [0, 0.1) is 16.7 Å². The number of nitriles is 1. The molecule has 0 radical (unpaired) electrons. The molecule has 1 aliphatic rings. The molecule has 0 fully saturated rings. The van der Waals surface area contributed by atoms with Crippen LogP contribution in [0.3, 0.4) is 0 Å². The highest BCUT2D eigenvalue weighted by molar-refractivity contribution is 5.67. The van der Waals surface area contributed by atoms with E-state index in [1.54, 1.807) is 18.5 Å². The maximum absolute atomic E-state index is 13.7. The Morgan fingerprint density at radius 1 is 1.18 bits per heavy atom. The third-order valence-corrected chi connectivity index (χ3v) is 7.26. The van der Waals surface area contributed by atoms with E-state index >= 15 is 0 Å². The fourth-order valence-corrected chi connectivity index (χ4v) is 5.11. The first-order valence-corrected chi connectivity index (χ1v) is 12.8. The molecule has 1 unspecified atom stereocenters. The molecule has 0 aliphatic heterocycles. The van der Waals surface area contributed by atoms with Crippen molar-refractivity contribution in [1.29, 1.82) is 5.26 Å². The summed E-state index contributed by atoms with van der Waals surface area (Å²) in [5.74, 6) is 0. The topological polar surface area (TPSA) is 54.1 Å². The number of hydrogen-bond donors (Lipinski definition) is 0. The summed E-state index contributed by atoms with van der Waals surface area (Å²) < 4.78 is 49.0. The number of nitrogens with zero attached hydrogens (tertiary/aromatic N) is 4. The average Bonchev–Trinajstić information content (AvgIpc) is 3.36. The summed E-state index contributed by atoms with van der Waals surface area (Å²) in [6.07, 6.45) is 2.94. The maximum atomic E-state index is 13.7. The maximum Gasteiger partial charge on any atom is 0.417 e. The van der Waals surface area contributed by atoms with Crippen molar-refractivity contribution in [2.24, 2.45) is 5.41 Å². The van der Waals surface area contributed by atoms with Crippen molar-refractivity contribution in [1.82, 2.24) is 9.55 Å². The summed E-state index contributed by atoms with van der Waals surface area (Å²) in [5.41, 5.74) is 2.26. The molecule has 38 heavy (non-hydrogen) atoms. The van der Waals surface area contributed by atoms with Gasteiger partial charge in [-0.1, -0.05) is 50.3 Å². The molecule has 5 nitrogen and oxygen atoms in total. The van der Waals surface area contributed by atoms with Crippen molar-refractivity contribution < 1.29 is 17.9 Å². The standard InChI is InChI=1S/C30H33F3N4O/c1-4-37(25-11-10-24(18-34)26(17-25)30(31,32)33)28-16-23(12-13-29(28,2)3)27-19-35-21-36(27)14-15-38-20-22-8-6-5-7-9-22/h5-11,16-17,19,21,28H,4,12-15,20H2,1-3H3. The van der Waals surface area contributed by atoms with Gasteiger partial charge in [-0.15, -0.1) is 0 Å². The summed E-state index contributed by atoms with van der Waals surface area (Å²) in [7, 11) is 0. The molecule has 200 valence electrons. The molecule has 0 saturated carbocycles. The zero-order chi connectivity index (χ0) is 27.3. The van der Waals surface area contributed by atoms with Gasteiger partial charge < -0.3 is 14.2 Å². The highest BCUT2D eigenvalue weighted by Gasteiger charge is 2.38. The minimum Gasteiger partial charge on any atom is -0.375 e. The van der Waals surface area contributed by atoms with Crippen molar-refractivity contribution in [3.8, 4) is 6.07 Å². The number of likely N-dealkylation sites (N-methyl/N-ethyl adjacent to an activating group) is 1.